The number of nitrogens with zero attached hydrogens (tertiary/aromatic N) is 2. The Morgan fingerprint density at radius 3 is 2.19 bits per heavy atom. The second-order valence-corrected chi connectivity index (χ2v) is 13.2. The molecule has 1 heterocycles. The SMILES string of the molecule is CC(O)C(O)C(O)CN(C)C(=O)C(C)(C)c1cc(-c2nc3ccc(C(=N)N)cc3[nH]2)c(O)c(-c2cc(S(N)(=O)=O)ccc2O)c1.OCO. The van der Waals surface area contributed by atoms with Crippen LogP contribution in [0.2, 0.25) is 0 Å². The number of imidazole rings is 1. The van der Waals surface area contributed by atoms with Crippen molar-refractivity contribution in [3.63, 3.8) is 0 Å². The van der Waals surface area contributed by atoms with Crippen molar-refractivity contribution in [2.75, 3.05) is 20.4 Å². The highest BCUT2D eigenvalue weighted by Crippen LogP contribution is 2.45. The second kappa shape index (κ2) is 14.7. The zero-order chi connectivity index (χ0) is 36.3. The fourth-order valence-electron chi connectivity index (χ4n) is 4.99. The number of aromatic amines is 1. The Hall–Kier alpha value is -4.62. The molecule has 0 saturated heterocycles. The maximum Gasteiger partial charge on any atom is 0.238 e. The monoisotopic (exact) mass is 688 g/mol. The number of phenols is 2. The number of benzene rings is 3. The van der Waals surface area contributed by atoms with Crippen LogP contribution in [0.4, 0.5) is 0 Å². The summed E-state index contributed by atoms with van der Waals surface area (Å²) in [6.45, 7) is 3.41. The first-order valence-corrected chi connectivity index (χ1v) is 15.9. The molecule has 0 radical (unpaired) electrons. The molecule has 17 heteroatoms. The number of amidine groups is 1. The number of H-pyrrole nitrogens is 1. The summed E-state index contributed by atoms with van der Waals surface area (Å²) in [7, 11) is -2.79. The van der Waals surface area contributed by atoms with E-state index in [2.05, 4.69) is 9.97 Å². The topological polar surface area (TPSA) is 301 Å². The van der Waals surface area contributed by atoms with Crippen molar-refractivity contribution >= 4 is 32.8 Å². The van der Waals surface area contributed by atoms with E-state index in [1.807, 2.05) is 0 Å². The van der Waals surface area contributed by atoms with Crippen molar-refractivity contribution in [1.29, 1.82) is 5.41 Å². The molecule has 13 N–H and O–H groups in total. The van der Waals surface area contributed by atoms with Gasteiger partial charge in [-0.1, -0.05) is 0 Å². The molecule has 0 fully saturated rings. The van der Waals surface area contributed by atoms with E-state index >= 15 is 0 Å². The molecular weight excluding hydrogens is 648 g/mol. The van der Waals surface area contributed by atoms with Crippen LogP contribution in [0.5, 0.6) is 11.5 Å². The predicted molar refractivity (Wildman–Crippen MR) is 176 cm³/mol. The number of aromatic nitrogens is 2. The number of hydrogen-bond donors (Lipinski definition) is 11. The van der Waals surface area contributed by atoms with Crippen LogP contribution in [0.1, 0.15) is 31.9 Å². The van der Waals surface area contributed by atoms with Gasteiger partial charge in [-0.05, 0) is 74.9 Å². The van der Waals surface area contributed by atoms with E-state index in [4.69, 9.17) is 26.5 Å². The van der Waals surface area contributed by atoms with E-state index in [-0.39, 0.29) is 45.5 Å². The highest BCUT2D eigenvalue weighted by molar-refractivity contribution is 7.89. The van der Waals surface area contributed by atoms with E-state index in [1.54, 1.807) is 32.0 Å². The van der Waals surface area contributed by atoms with Gasteiger partial charge in [-0.2, -0.15) is 0 Å². The smallest absolute Gasteiger partial charge is 0.238 e. The standard InChI is InChI=1S/C30H36N6O8S.CH4O2/c1-14(37)25(40)24(39)13-36(4)29(42)30(2,3)16-10-19(18-12-17(45(33,43)44)6-8-23(18)38)26(41)20(11-16)28-34-21-7-5-15(27(31)32)9-22(21)35-28;2-1-3/h5-12,14,24-25,37-41H,13H2,1-4H3,(H3,31,32)(H,34,35)(H2,33,43,44);2-3H,1H2. The molecule has 1 aromatic heterocycles. The highest BCUT2D eigenvalue weighted by atomic mass is 32.2. The van der Waals surface area contributed by atoms with Gasteiger partial charge in [-0.15, -0.1) is 0 Å². The van der Waals surface area contributed by atoms with Crippen molar-refractivity contribution < 1.29 is 49.0 Å². The minimum absolute atomic E-state index is 0.0385. The minimum Gasteiger partial charge on any atom is -0.507 e. The minimum atomic E-state index is -4.20. The number of aliphatic hydroxyl groups excluding tert-OH is 4. The van der Waals surface area contributed by atoms with Gasteiger partial charge in [-0.25, -0.2) is 18.5 Å². The third-order valence-electron chi connectivity index (χ3n) is 7.70. The van der Waals surface area contributed by atoms with E-state index in [9.17, 15) is 38.7 Å². The maximum absolute atomic E-state index is 13.8. The lowest BCUT2D eigenvalue weighted by Gasteiger charge is -2.33. The Labute approximate surface area is 276 Å². The van der Waals surface area contributed by atoms with Gasteiger partial charge in [0.2, 0.25) is 15.9 Å². The molecule has 3 aromatic carbocycles. The van der Waals surface area contributed by atoms with E-state index in [0.717, 1.165) is 18.2 Å². The van der Waals surface area contributed by atoms with Gasteiger partial charge >= 0.3 is 0 Å². The Morgan fingerprint density at radius 2 is 1.62 bits per heavy atom. The van der Waals surface area contributed by atoms with Crippen LogP contribution in [-0.2, 0) is 20.2 Å². The molecule has 0 aliphatic carbocycles. The third kappa shape index (κ3) is 8.08. The lowest BCUT2D eigenvalue weighted by atomic mass is 9.80. The van der Waals surface area contributed by atoms with Crippen molar-refractivity contribution in [3.8, 4) is 34.0 Å². The lowest BCUT2D eigenvalue weighted by Crippen LogP contribution is -2.48. The second-order valence-electron chi connectivity index (χ2n) is 11.6. The molecule has 0 spiro atoms. The number of nitrogens with two attached hydrogens (primary N) is 2. The molecular formula is C31H40N6O10S. The maximum atomic E-state index is 13.8. The average Bonchev–Trinajstić information content (AvgIpc) is 3.43. The van der Waals surface area contributed by atoms with Crippen LogP contribution in [0.3, 0.4) is 0 Å². The number of hydrogen-bond acceptors (Lipinski definition) is 12. The summed E-state index contributed by atoms with van der Waals surface area (Å²) < 4.78 is 24.3. The highest BCUT2D eigenvalue weighted by Gasteiger charge is 2.36. The van der Waals surface area contributed by atoms with Gasteiger partial charge < -0.3 is 51.4 Å². The molecule has 3 atom stereocenters. The van der Waals surface area contributed by atoms with Gasteiger partial charge in [0.25, 0.3) is 0 Å². The van der Waals surface area contributed by atoms with Gasteiger partial charge in [0.05, 0.1) is 39.1 Å². The molecule has 0 saturated carbocycles. The molecule has 4 rings (SSSR count). The van der Waals surface area contributed by atoms with Crippen LogP contribution < -0.4 is 10.9 Å². The molecule has 4 aromatic rings. The van der Waals surface area contributed by atoms with Crippen molar-refractivity contribution in [3.05, 3.63) is 59.7 Å². The van der Waals surface area contributed by atoms with Crippen molar-refractivity contribution in [1.82, 2.24) is 14.9 Å². The number of phenolic OH excluding ortho intramolecular Hbond substituents is 2. The number of primary sulfonamides is 1. The third-order valence-corrected chi connectivity index (χ3v) is 8.61. The number of nitrogen functional groups attached to an aromatic ring is 1. The number of aromatic hydroxyl groups is 2. The molecule has 0 aliphatic rings. The molecule has 0 bridgehead atoms. The number of likely N-dealkylation sites (N-methyl/N-ethyl adjacent to an activating group) is 1. The van der Waals surface area contributed by atoms with Gasteiger partial charge in [-0.3, -0.25) is 10.2 Å². The number of amides is 1. The number of fused-ring (bicyclic) bond motifs is 1. The first kappa shape index (κ1) is 37.8. The number of rotatable bonds is 10. The van der Waals surface area contributed by atoms with Crippen molar-refractivity contribution in [2.24, 2.45) is 10.9 Å². The first-order valence-electron chi connectivity index (χ1n) is 14.3. The largest absolute Gasteiger partial charge is 0.507 e. The Bertz CT molecular complexity index is 1930. The normalized spacial score (nSPS) is 13.7. The Morgan fingerprint density at radius 1 is 1.02 bits per heavy atom. The number of sulfonamides is 1. The summed E-state index contributed by atoms with van der Waals surface area (Å²) in [6.07, 6.45) is -4.19. The molecule has 0 aliphatic heterocycles. The average molecular weight is 689 g/mol. The summed E-state index contributed by atoms with van der Waals surface area (Å²) in [4.78, 5) is 22.3. The number of nitrogens with one attached hydrogen (secondary N) is 2. The predicted octanol–water partition coefficient (Wildman–Crippen LogP) is 0.00667. The quantitative estimate of drug-likeness (QED) is 0.0596. The summed E-state index contributed by atoms with van der Waals surface area (Å²) in [6, 6.07) is 11.1. The fourth-order valence-corrected chi connectivity index (χ4v) is 5.53. The number of carbonyl (C=O) groups excluding carboxylic acids is 1. The van der Waals surface area contributed by atoms with Gasteiger partial charge in [0.15, 0.2) is 0 Å². The lowest BCUT2D eigenvalue weighted by molar-refractivity contribution is -0.138. The van der Waals surface area contributed by atoms with Gasteiger partial charge in [0.1, 0.15) is 36.1 Å². The van der Waals surface area contributed by atoms with Crippen LogP contribution in [0.25, 0.3) is 33.5 Å². The van der Waals surface area contributed by atoms with E-state index in [0.29, 0.717) is 22.2 Å². The van der Waals surface area contributed by atoms with Crippen LogP contribution >= 0.6 is 0 Å². The Kier molecular flexibility index (Phi) is 11.5. The molecule has 260 valence electrons. The zero-order valence-electron chi connectivity index (χ0n) is 26.6. The molecule has 1 amide bonds. The van der Waals surface area contributed by atoms with Crippen LogP contribution in [-0.4, -0.2) is 109 Å². The summed E-state index contributed by atoms with van der Waals surface area (Å²) in [5.74, 6) is -1.31. The number of carbonyl (C=O) groups is 1. The van der Waals surface area contributed by atoms with Crippen molar-refractivity contribution in [2.45, 2.75) is 49.4 Å². The molecule has 3 unspecified atom stereocenters. The summed E-state index contributed by atoms with van der Waals surface area (Å²) in [5.41, 5.74) is 5.91. The molecule has 48 heavy (non-hydrogen) atoms. The fraction of sp³-hybridized carbons (Fsp3) is 0.323. The van der Waals surface area contributed by atoms with Crippen LogP contribution in [0, 0.1) is 5.41 Å². The summed E-state index contributed by atoms with van der Waals surface area (Å²) in [5, 5.41) is 79.7. The Balaban J connectivity index is 0.00000201. The number of aliphatic hydroxyl groups is 5. The molecule has 16 nitrogen and oxygen atoms in total. The van der Waals surface area contributed by atoms with Gasteiger partial charge in [0, 0.05) is 30.3 Å². The zero-order valence-corrected chi connectivity index (χ0v) is 27.4. The summed E-state index contributed by atoms with van der Waals surface area (Å²) >= 11 is 0. The van der Waals surface area contributed by atoms with E-state index in [1.165, 1.54) is 31.0 Å². The first-order chi connectivity index (χ1) is 22.2. The van der Waals surface area contributed by atoms with E-state index < -0.39 is 52.2 Å². The van der Waals surface area contributed by atoms with Crippen LogP contribution in [0.15, 0.2) is 53.4 Å².